The first kappa shape index (κ1) is 23.8. The molecule has 0 heterocycles. The third-order valence-electron chi connectivity index (χ3n) is 5.07. The van der Waals surface area contributed by atoms with Crippen LogP contribution in [0.25, 0.3) is 10.8 Å². The third kappa shape index (κ3) is 5.76. The second-order valence-electron chi connectivity index (χ2n) is 7.40. The molecule has 0 aliphatic heterocycles. The average molecular weight is 538 g/mol. The maximum absolute atomic E-state index is 12.2. The van der Waals surface area contributed by atoms with Crippen molar-refractivity contribution < 1.29 is 14.3 Å². The molecule has 34 heavy (non-hydrogen) atoms. The quantitative estimate of drug-likeness (QED) is 0.194. The van der Waals surface area contributed by atoms with Crippen molar-refractivity contribution in [2.45, 2.75) is 13.5 Å². The Bertz CT molecular complexity index is 1330. The maximum atomic E-state index is 12.2. The molecule has 0 saturated heterocycles. The van der Waals surface area contributed by atoms with Gasteiger partial charge in [-0.2, -0.15) is 5.10 Å². The first-order chi connectivity index (χ1) is 16.5. The van der Waals surface area contributed by atoms with E-state index < -0.39 is 0 Å². The maximum Gasteiger partial charge on any atom is 0.271 e. The van der Waals surface area contributed by atoms with Gasteiger partial charge in [0.15, 0.2) is 11.5 Å². The molecule has 0 fully saturated rings. The normalized spacial score (nSPS) is 11.0. The lowest BCUT2D eigenvalue weighted by atomic mass is 10.1. The van der Waals surface area contributed by atoms with Gasteiger partial charge in [-0.25, -0.2) is 5.43 Å². The van der Waals surface area contributed by atoms with Crippen molar-refractivity contribution in [3.63, 3.8) is 0 Å². The molecule has 0 unspecified atom stereocenters. The number of amides is 1. The number of hydrogen-bond acceptors (Lipinski definition) is 4. The number of hydrogen-bond donors (Lipinski definition) is 1. The molecule has 4 aromatic carbocycles. The standard InChI is InChI=1S/C27H22BrClN2O3/c1-2-33-25-15-18(16-30-31-27(32)20-10-12-22(29)13-11-20)14-24(28)26(25)34-17-21-8-5-7-19-6-3-4-9-23(19)21/h3-16H,2,17H2,1H3,(H,31,32)/b30-16+. The Balaban J connectivity index is 1.50. The molecular weight excluding hydrogens is 516 g/mol. The van der Waals surface area contributed by atoms with E-state index in [1.54, 1.807) is 30.5 Å². The Hall–Kier alpha value is -3.35. The van der Waals surface area contributed by atoms with E-state index in [4.69, 9.17) is 21.1 Å². The van der Waals surface area contributed by atoms with Crippen LogP contribution in [0.15, 0.2) is 88.4 Å². The molecule has 0 saturated carbocycles. The molecule has 5 nitrogen and oxygen atoms in total. The number of benzene rings is 4. The number of nitrogens with zero attached hydrogens (tertiary/aromatic N) is 1. The summed E-state index contributed by atoms with van der Waals surface area (Å²) >= 11 is 9.45. The Morgan fingerprint density at radius 1 is 1.03 bits per heavy atom. The van der Waals surface area contributed by atoms with Crippen molar-refractivity contribution >= 4 is 50.4 Å². The summed E-state index contributed by atoms with van der Waals surface area (Å²) in [6, 6.07) is 24.7. The van der Waals surface area contributed by atoms with Crippen molar-refractivity contribution in [1.29, 1.82) is 0 Å². The zero-order chi connectivity index (χ0) is 23.9. The summed E-state index contributed by atoms with van der Waals surface area (Å²) in [7, 11) is 0. The van der Waals surface area contributed by atoms with Crippen molar-refractivity contribution in [3.8, 4) is 11.5 Å². The van der Waals surface area contributed by atoms with E-state index in [-0.39, 0.29) is 5.91 Å². The van der Waals surface area contributed by atoms with Crippen LogP contribution in [-0.4, -0.2) is 18.7 Å². The third-order valence-corrected chi connectivity index (χ3v) is 5.91. The number of hydrazone groups is 1. The van der Waals surface area contributed by atoms with E-state index in [0.717, 1.165) is 21.0 Å². The fourth-order valence-corrected chi connectivity index (χ4v) is 4.17. The van der Waals surface area contributed by atoms with Crippen molar-refractivity contribution in [2.24, 2.45) is 5.10 Å². The van der Waals surface area contributed by atoms with Gasteiger partial charge in [0.1, 0.15) is 6.61 Å². The fraction of sp³-hybridized carbons (Fsp3) is 0.111. The number of carbonyl (C=O) groups excluding carboxylic acids is 1. The van der Waals surface area contributed by atoms with Crippen molar-refractivity contribution in [2.75, 3.05) is 6.61 Å². The van der Waals surface area contributed by atoms with Crippen molar-refractivity contribution in [3.05, 3.63) is 105 Å². The molecule has 0 spiro atoms. The minimum atomic E-state index is -0.327. The molecule has 0 radical (unpaired) electrons. The number of ether oxygens (including phenoxy) is 2. The fourth-order valence-electron chi connectivity index (χ4n) is 3.47. The molecule has 1 amide bonds. The summed E-state index contributed by atoms with van der Waals surface area (Å²) in [5, 5.41) is 6.95. The van der Waals surface area contributed by atoms with Crippen molar-refractivity contribution in [1.82, 2.24) is 5.43 Å². The molecule has 4 rings (SSSR count). The van der Waals surface area contributed by atoms with Gasteiger partial charge in [0.25, 0.3) is 5.91 Å². The van der Waals surface area contributed by atoms with Crippen LogP contribution in [0.4, 0.5) is 0 Å². The minimum absolute atomic E-state index is 0.327. The predicted molar refractivity (Wildman–Crippen MR) is 140 cm³/mol. The summed E-state index contributed by atoms with van der Waals surface area (Å²) in [4.78, 5) is 12.2. The van der Waals surface area contributed by atoms with E-state index in [9.17, 15) is 4.79 Å². The van der Waals surface area contributed by atoms with E-state index in [1.807, 2.05) is 37.3 Å². The Labute approximate surface area is 211 Å². The first-order valence-electron chi connectivity index (χ1n) is 10.7. The lowest BCUT2D eigenvalue weighted by molar-refractivity contribution is 0.0955. The molecule has 0 aliphatic carbocycles. The van der Waals surface area contributed by atoms with Gasteiger partial charge in [0, 0.05) is 10.6 Å². The highest BCUT2D eigenvalue weighted by atomic mass is 79.9. The molecule has 0 bridgehead atoms. The van der Waals surface area contributed by atoms with Crippen LogP contribution in [0.3, 0.4) is 0 Å². The highest BCUT2D eigenvalue weighted by Gasteiger charge is 2.13. The van der Waals surface area contributed by atoms with Crippen LogP contribution in [0.1, 0.15) is 28.4 Å². The molecular formula is C27H22BrClN2O3. The lowest BCUT2D eigenvalue weighted by Gasteiger charge is -2.15. The molecule has 7 heteroatoms. The van der Waals surface area contributed by atoms with Gasteiger partial charge < -0.3 is 9.47 Å². The van der Waals surface area contributed by atoms with Gasteiger partial charge in [0.05, 0.1) is 17.3 Å². The second-order valence-corrected chi connectivity index (χ2v) is 8.69. The van der Waals surface area contributed by atoms with E-state index in [0.29, 0.717) is 35.3 Å². The average Bonchev–Trinajstić information content (AvgIpc) is 2.84. The monoisotopic (exact) mass is 536 g/mol. The van der Waals surface area contributed by atoms with E-state index >= 15 is 0 Å². The van der Waals surface area contributed by atoms with Gasteiger partial charge in [-0.15, -0.1) is 0 Å². The minimum Gasteiger partial charge on any atom is -0.490 e. The second kappa shape index (κ2) is 11.2. The SMILES string of the molecule is CCOc1cc(/C=N/NC(=O)c2ccc(Cl)cc2)cc(Br)c1OCc1cccc2ccccc12. The molecule has 172 valence electrons. The van der Waals surface area contributed by atoms with Crippen LogP contribution >= 0.6 is 27.5 Å². The van der Waals surface area contributed by atoms with Gasteiger partial charge in [-0.1, -0.05) is 54.1 Å². The number of nitrogens with one attached hydrogen (secondary N) is 1. The molecule has 0 aromatic heterocycles. The smallest absolute Gasteiger partial charge is 0.271 e. The summed E-state index contributed by atoms with van der Waals surface area (Å²) < 4.78 is 12.7. The number of halogens is 2. The predicted octanol–water partition coefficient (Wildman–Crippen LogP) is 7.00. The summed E-state index contributed by atoms with van der Waals surface area (Å²) in [6.45, 7) is 2.78. The van der Waals surface area contributed by atoms with Gasteiger partial charge in [0.2, 0.25) is 0 Å². The first-order valence-corrected chi connectivity index (χ1v) is 11.9. The highest BCUT2D eigenvalue weighted by Crippen LogP contribution is 2.37. The van der Waals surface area contributed by atoms with Crippen LogP contribution in [0.5, 0.6) is 11.5 Å². The Morgan fingerprint density at radius 2 is 1.79 bits per heavy atom. The molecule has 0 atom stereocenters. The summed E-state index contributed by atoms with van der Waals surface area (Å²) in [5.41, 5.74) is 4.81. The number of fused-ring (bicyclic) bond motifs is 1. The highest BCUT2D eigenvalue weighted by molar-refractivity contribution is 9.10. The molecule has 1 N–H and O–H groups in total. The van der Waals surface area contributed by atoms with Gasteiger partial charge in [-0.3, -0.25) is 4.79 Å². The van der Waals surface area contributed by atoms with Crippen LogP contribution < -0.4 is 14.9 Å². The van der Waals surface area contributed by atoms with Crippen LogP contribution in [0, 0.1) is 0 Å². The molecule has 4 aromatic rings. The zero-order valence-electron chi connectivity index (χ0n) is 18.4. The lowest BCUT2D eigenvalue weighted by Crippen LogP contribution is -2.17. The Morgan fingerprint density at radius 3 is 2.59 bits per heavy atom. The van der Waals surface area contributed by atoms with Gasteiger partial charge >= 0.3 is 0 Å². The van der Waals surface area contributed by atoms with E-state index in [1.165, 1.54) is 5.39 Å². The zero-order valence-corrected chi connectivity index (χ0v) is 20.8. The van der Waals surface area contributed by atoms with E-state index in [2.05, 4.69) is 50.7 Å². The topological polar surface area (TPSA) is 59.9 Å². The number of carbonyl (C=O) groups is 1. The number of rotatable bonds is 8. The van der Waals surface area contributed by atoms with Crippen LogP contribution in [-0.2, 0) is 6.61 Å². The van der Waals surface area contributed by atoms with Crippen LogP contribution in [0.2, 0.25) is 5.02 Å². The van der Waals surface area contributed by atoms with Gasteiger partial charge in [-0.05, 0) is 81.2 Å². The summed E-state index contributed by atoms with van der Waals surface area (Å²) in [5.74, 6) is 0.867. The Kier molecular flexibility index (Phi) is 7.83. The molecule has 0 aliphatic rings. The largest absolute Gasteiger partial charge is 0.490 e. The summed E-state index contributed by atoms with van der Waals surface area (Å²) in [6.07, 6.45) is 1.55.